The molecule has 0 radical (unpaired) electrons. The number of nitrogens with one attached hydrogen (secondary N) is 1. The minimum Gasteiger partial charge on any atom is -0.302 e. The summed E-state index contributed by atoms with van der Waals surface area (Å²) >= 11 is 2.87. The minimum atomic E-state index is -0.152. The molecule has 25 heavy (non-hydrogen) atoms. The van der Waals surface area contributed by atoms with Crippen molar-refractivity contribution in [3.05, 3.63) is 34.8 Å². The first kappa shape index (κ1) is 16.2. The van der Waals surface area contributed by atoms with Gasteiger partial charge in [-0.2, -0.15) is 0 Å². The van der Waals surface area contributed by atoms with E-state index in [1.165, 1.54) is 28.2 Å². The molecule has 1 aliphatic rings. The molecule has 0 unspecified atom stereocenters. The smallest absolute Gasteiger partial charge is 0.232 e. The van der Waals surface area contributed by atoms with Gasteiger partial charge in [-0.05, 0) is 31.0 Å². The summed E-state index contributed by atoms with van der Waals surface area (Å²) in [6.07, 6.45) is 1.62. The van der Waals surface area contributed by atoms with E-state index in [2.05, 4.69) is 21.4 Å². The standard InChI is InChI=1S/C17H16N4O2S2/c1-10-4-5-12-13(7-10)25-16(19-12)20-14(22)8-11-9-24-17(18-11)21-6-2-3-15(21)23/h4-5,7,9H,2-3,6,8H2,1H3,(H,19,20,22). The van der Waals surface area contributed by atoms with Gasteiger partial charge in [0.2, 0.25) is 11.8 Å². The summed E-state index contributed by atoms with van der Waals surface area (Å²) in [5, 5.41) is 5.95. The van der Waals surface area contributed by atoms with Crippen LogP contribution in [-0.2, 0) is 16.0 Å². The first-order valence-electron chi connectivity index (χ1n) is 8.00. The fourth-order valence-corrected chi connectivity index (χ4v) is 4.61. The normalized spacial score (nSPS) is 14.4. The molecule has 2 aromatic heterocycles. The number of hydrogen-bond donors (Lipinski definition) is 1. The molecule has 0 aliphatic carbocycles. The number of carbonyl (C=O) groups is 2. The Kier molecular flexibility index (Phi) is 4.22. The van der Waals surface area contributed by atoms with Crippen molar-refractivity contribution in [1.82, 2.24) is 9.97 Å². The second kappa shape index (κ2) is 6.53. The maximum absolute atomic E-state index is 12.3. The number of nitrogens with zero attached hydrogens (tertiary/aromatic N) is 3. The van der Waals surface area contributed by atoms with Crippen molar-refractivity contribution in [1.29, 1.82) is 0 Å². The lowest BCUT2D eigenvalue weighted by Gasteiger charge is -2.10. The van der Waals surface area contributed by atoms with E-state index in [9.17, 15) is 9.59 Å². The third-order valence-corrected chi connectivity index (χ3v) is 5.82. The van der Waals surface area contributed by atoms with Crippen LogP contribution in [0.3, 0.4) is 0 Å². The number of benzene rings is 1. The fraction of sp³-hybridized carbons (Fsp3) is 0.294. The van der Waals surface area contributed by atoms with Gasteiger partial charge in [0.1, 0.15) is 0 Å². The minimum absolute atomic E-state index is 0.107. The van der Waals surface area contributed by atoms with E-state index in [4.69, 9.17) is 0 Å². The average Bonchev–Trinajstić information content (AvgIpc) is 3.26. The quantitative estimate of drug-likeness (QED) is 0.762. The Labute approximate surface area is 152 Å². The predicted octanol–water partition coefficient (Wildman–Crippen LogP) is 3.37. The summed E-state index contributed by atoms with van der Waals surface area (Å²) in [7, 11) is 0. The summed E-state index contributed by atoms with van der Waals surface area (Å²) in [6.45, 7) is 2.74. The lowest BCUT2D eigenvalue weighted by molar-refractivity contribution is -0.117. The van der Waals surface area contributed by atoms with Gasteiger partial charge >= 0.3 is 0 Å². The van der Waals surface area contributed by atoms with Gasteiger partial charge in [-0.15, -0.1) is 11.3 Å². The summed E-state index contributed by atoms with van der Waals surface area (Å²) in [5.74, 6) is -0.0458. The van der Waals surface area contributed by atoms with Crippen LogP contribution in [-0.4, -0.2) is 28.3 Å². The highest BCUT2D eigenvalue weighted by atomic mass is 32.1. The molecular weight excluding hydrogens is 356 g/mol. The number of aromatic nitrogens is 2. The fourth-order valence-electron chi connectivity index (χ4n) is 2.77. The molecule has 4 rings (SSSR count). The maximum Gasteiger partial charge on any atom is 0.232 e. The molecule has 2 amide bonds. The van der Waals surface area contributed by atoms with Crippen LogP contribution in [0.1, 0.15) is 24.1 Å². The molecule has 1 fully saturated rings. The van der Waals surface area contributed by atoms with Crippen LogP contribution in [0.15, 0.2) is 23.6 Å². The number of hydrogen-bond acceptors (Lipinski definition) is 6. The van der Waals surface area contributed by atoms with Crippen molar-refractivity contribution in [2.45, 2.75) is 26.2 Å². The summed E-state index contributed by atoms with van der Waals surface area (Å²) in [6, 6.07) is 6.02. The maximum atomic E-state index is 12.3. The van der Waals surface area contributed by atoms with Crippen LogP contribution < -0.4 is 10.2 Å². The van der Waals surface area contributed by atoms with E-state index in [0.29, 0.717) is 28.9 Å². The zero-order valence-electron chi connectivity index (χ0n) is 13.6. The van der Waals surface area contributed by atoms with Crippen molar-refractivity contribution < 1.29 is 9.59 Å². The van der Waals surface area contributed by atoms with Gasteiger partial charge in [0.15, 0.2) is 10.3 Å². The average molecular weight is 372 g/mol. The van der Waals surface area contributed by atoms with Crippen molar-refractivity contribution in [3.8, 4) is 0 Å². The molecule has 0 spiro atoms. The largest absolute Gasteiger partial charge is 0.302 e. The van der Waals surface area contributed by atoms with Gasteiger partial charge < -0.3 is 5.32 Å². The lowest BCUT2D eigenvalue weighted by atomic mass is 10.2. The number of rotatable bonds is 4. The SMILES string of the molecule is Cc1ccc2nc(NC(=O)Cc3csc(N4CCCC4=O)n3)sc2c1. The van der Waals surface area contributed by atoms with Crippen LogP contribution in [0.4, 0.5) is 10.3 Å². The molecule has 3 heterocycles. The summed E-state index contributed by atoms with van der Waals surface area (Å²) < 4.78 is 1.05. The zero-order chi connectivity index (χ0) is 17.4. The second-order valence-corrected chi connectivity index (χ2v) is 7.85. The molecule has 3 aromatic rings. The molecule has 128 valence electrons. The summed E-state index contributed by atoms with van der Waals surface area (Å²) in [5.41, 5.74) is 2.73. The number of thiazole rings is 2. The summed E-state index contributed by atoms with van der Waals surface area (Å²) in [4.78, 5) is 34.6. The van der Waals surface area contributed by atoms with Gasteiger partial charge in [0.25, 0.3) is 0 Å². The van der Waals surface area contributed by atoms with Crippen molar-refractivity contribution in [2.24, 2.45) is 0 Å². The van der Waals surface area contributed by atoms with Crippen molar-refractivity contribution in [2.75, 3.05) is 16.8 Å². The number of anilines is 2. The van der Waals surface area contributed by atoms with Gasteiger partial charge in [0, 0.05) is 18.3 Å². The first-order valence-corrected chi connectivity index (χ1v) is 9.70. The van der Waals surface area contributed by atoms with Crippen LogP contribution >= 0.6 is 22.7 Å². The number of fused-ring (bicyclic) bond motifs is 1. The highest BCUT2D eigenvalue weighted by Crippen LogP contribution is 2.28. The Morgan fingerprint density at radius 2 is 2.24 bits per heavy atom. The van der Waals surface area contributed by atoms with Crippen LogP contribution in [0, 0.1) is 6.92 Å². The lowest BCUT2D eigenvalue weighted by Crippen LogP contribution is -2.23. The highest BCUT2D eigenvalue weighted by molar-refractivity contribution is 7.22. The molecular formula is C17H16N4O2S2. The van der Waals surface area contributed by atoms with E-state index in [1.807, 2.05) is 24.4 Å². The van der Waals surface area contributed by atoms with Crippen LogP contribution in [0.5, 0.6) is 0 Å². The molecule has 8 heteroatoms. The van der Waals surface area contributed by atoms with Crippen LogP contribution in [0.2, 0.25) is 0 Å². The third-order valence-electron chi connectivity index (χ3n) is 3.98. The molecule has 0 atom stereocenters. The first-order chi connectivity index (χ1) is 12.1. The highest BCUT2D eigenvalue weighted by Gasteiger charge is 2.24. The Morgan fingerprint density at radius 1 is 1.36 bits per heavy atom. The molecule has 1 aliphatic heterocycles. The zero-order valence-corrected chi connectivity index (χ0v) is 15.2. The van der Waals surface area contributed by atoms with Gasteiger partial charge in [-0.1, -0.05) is 17.4 Å². The van der Waals surface area contributed by atoms with Crippen molar-refractivity contribution in [3.63, 3.8) is 0 Å². The van der Waals surface area contributed by atoms with E-state index in [-0.39, 0.29) is 18.2 Å². The Balaban J connectivity index is 1.43. The molecule has 1 aromatic carbocycles. The predicted molar refractivity (Wildman–Crippen MR) is 100 cm³/mol. The number of aryl methyl sites for hydroxylation is 1. The number of carbonyl (C=O) groups excluding carboxylic acids is 2. The monoisotopic (exact) mass is 372 g/mol. The van der Waals surface area contributed by atoms with Crippen molar-refractivity contribution >= 4 is 55.0 Å². The van der Waals surface area contributed by atoms with E-state index >= 15 is 0 Å². The molecule has 1 N–H and O–H groups in total. The van der Waals surface area contributed by atoms with E-state index < -0.39 is 0 Å². The third kappa shape index (κ3) is 3.40. The Bertz CT molecular complexity index is 963. The van der Waals surface area contributed by atoms with E-state index in [1.54, 1.807) is 4.90 Å². The van der Waals surface area contributed by atoms with Gasteiger partial charge in [-0.25, -0.2) is 9.97 Å². The van der Waals surface area contributed by atoms with E-state index in [0.717, 1.165) is 16.6 Å². The Hall–Kier alpha value is -2.32. The topological polar surface area (TPSA) is 75.2 Å². The Morgan fingerprint density at radius 3 is 3.04 bits per heavy atom. The molecule has 0 bridgehead atoms. The van der Waals surface area contributed by atoms with Gasteiger partial charge in [-0.3, -0.25) is 14.5 Å². The molecule has 0 saturated carbocycles. The second-order valence-electron chi connectivity index (χ2n) is 5.99. The number of amides is 2. The van der Waals surface area contributed by atoms with Crippen LogP contribution in [0.25, 0.3) is 10.2 Å². The molecule has 6 nitrogen and oxygen atoms in total. The van der Waals surface area contributed by atoms with Gasteiger partial charge in [0.05, 0.1) is 22.3 Å². The molecule has 1 saturated heterocycles.